The van der Waals surface area contributed by atoms with Crippen LogP contribution in [0.4, 0.5) is 5.69 Å². The summed E-state index contributed by atoms with van der Waals surface area (Å²) in [4.78, 5) is 40.3. The third-order valence-corrected chi connectivity index (χ3v) is 8.09. The Bertz CT molecular complexity index is 1010. The molecule has 4 rings (SSSR count). The monoisotopic (exact) mass is 479 g/mol. The first-order valence-electron chi connectivity index (χ1n) is 11.3. The van der Waals surface area contributed by atoms with Crippen LogP contribution in [0.5, 0.6) is 0 Å². The van der Waals surface area contributed by atoms with Crippen LogP contribution in [0.3, 0.4) is 0 Å². The second kappa shape index (κ2) is 10.2. The number of hydrogen-bond acceptors (Lipinski definition) is 8. The van der Waals surface area contributed by atoms with Crippen molar-refractivity contribution in [2.24, 2.45) is 0 Å². The van der Waals surface area contributed by atoms with E-state index in [-0.39, 0.29) is 29.5 Å². The smallest absolute Gasteiger partial charge is 0.340 e. The minimum atomic E-state index is -3.81. The van der Waals surface area contributed by atoms with Crippen LogP contribution in [0.2, 0.25) is 0 Å². The van der Waals surface area contributed by atoms with E-state index in [4.69, 9.17) is 9.47 Å². The zero-order valence-electron chi connectivity index (χ0n) is 18.5. The molecule has 180 valence electrons. The molecule has 0 aliphatic carbocycles. The zero-order chi connectivity index (χ0) is 23.4. The first kappa shape index (κ1) is 23.7. The molecule has 0 atom stereocenters. The van der Waals surface area contributed by atoms with Crippen molar-refractivity contribution in [1.82, 2.24) is 9.21 Å². The average molecular weight is 480 g/mol. The Morgan fingerprint density at radius 1 is 0.970 bits per heavy atom. The van der Waals surface area contributed by atoms with Crippen molar-refractivity contribution in [3.63, 3.8) is 0 Å². The van der Waals surface area contributed by atoms with Gasteiger partial charge in [0, 0.05) is 39.1 Å². The number of anilines is 1. The maximum atomic E-state index is 13.1. The fraction of sp³-hybridized carbons (Fsp3) is 0.591. The Hall–Kier alpha value is -2.50. The number of carbonyl (C=O) groups is 3. The van der Waals surface area contributed by atoms with Crippen molar-refractivity contribution in [1.29, 1.82) is 0 Å². The van der Waals surface area contributed by atoms with Crippen molar-refractivity contribution in [3.8, 4) is 0 Å². The molecule has 0 unspecified atom stereocenters. The van der Waals surface area contributed by atoms with E-state index < -0.39 is 28.5 Å². The molecule has 3 heterocycles. The van der Waals surface area contributed by atoms with Crippen molar-refractivity contribution < 1.29 is 32.3 Å². The molecule has 0 spiro atoms. The Morgan fingerprint density at radius 2 is 1.70 bits per heavy atom. The number of morpholine rings is 1. The maximum absolute atomic E-state index is 13.1. The Labute approximate surface area is 193 Å². The molecule has 0 aromatic heterocycles. The molecular formula is C22H29N3O7S. The lowest BCUT2D eigenvalue weighted by Gasteiger charge is -2.31. The molecule has 1 aromatic carbocycles. The maximum Gasteiger partial charge on any atom is 0.340 e. The van der Waals surface area contributed by atoms with Crippen molar-refractivity contribution in [2.75, 3.05) is 57.4 Å². The van der Waals surface area contributed by atoms with Crippen molar-refractivity contribution in [2.45, 2.75) is 37.0 Å². The Balaban J connectivity index is 1.58. The van der Waals surface area contributed by atoms with E-state index in [9.17, 15) is 22.8 Å². The van der Waals surface area contributed by atoms with Crippen LogP contribution in [0.25, 0.3) is 0 Å². The number of sulfonamides is 1. The average Bonchev–Trinajstić information content (AvgIpc) is 3.29. The third kappa shape index (κ3) is 5.20. The number of piperidine rings is 1. The van der Waals surface area contributed by atoms with E-state index >= 15 is 0 Å². The summed E-state index contributed by atoms with van der Waals surface area (Å²) in [5, 5.41) is 0. The van der Waals surface area contributed by atoms with Gasteiger partial charge in [-0.2, -0.15) is 4.31 Å². The first-order chi connectivity index (χ1) is 15.9. The summed E-state index contributed by atoms with van der Waals surface area (Å²) in [6.45, 7) is 2.37. The van der Waals surface area contributed by atoms with Gasteiger partial charge in [0.05, 0.1) is 29.4 Å². The predicted molar refractivity (Wildman–Crippen MR) is 118 cm³/mol. The lowest BCUT2D eigenvalue weighted by Crippen LogP contribution is -2.40. The summed E-state index contributed by atoms with van der Waals surface area (Å²) in [5.74, 6) is -1.62. The highest BCUT2D eigenvalue weighted by Gasteiger charge is 2.31. The zero-order valence-corrected chi connectivity index (χ0v) is 19.3. The quantitative estimate of drug-likeness (QED) is 0.556. The fourth-order valence-electron chi connectivity index (χ4n) is 4.38. The largest absolute Gasteiger partial charge is 0.452 e. The van der Waals surface area contributed by atoms with E-state index in [2.05, 4.69) is 0 Å². The van der Waals surface area contributed by atoms with Crippen LogP contribution in [0.15, 0.2) is 23.1 Å². The third-order valence-electron chi connectivity index (χ3n) is 6.19. The highest BCUT2D eigenvalue weighted by Crippen LogP contribution is 2.29. The van der Waals surface area contributed by atoms with Gasteiger partial charge in [-0.3, -0.25) is 14.5 Å². The second-order valence-electron chi connectivity index (χ2n) is 8.36. The summed E-state index contributed by atoms with van der Waals surface area (Å²) in [6.07, 6.45) is 3.94. The summed E-state index contributed by atoms with van der Waals surface area (Å²) in [6, 6.07) is 4.49. The highest BCUT2D eigenvalue weighted by atomic mass is 32.2. The molecule has 2 amide bonds. The van der Waals surface area contributed by atoms with Gasteiger partial charge in [0.25, 0.3) is 5.91 Å². The molecule has 33 heavy (non-hydrogen) atoms. The molecule has 3 saturated heterocycles. The number of rotatable bonds is 6. The lowest BCUT2D eigenvalue weighted by atomic mass is 10.1. The van der Waals surface area contributed by atoms with Crippen LogP contribution in [-0.2, 0) is 29.1 Å². The number of nitrogens with zero attached hydrogens (tertiary/aromatic N) is 3. The van der Waals surface area contributed by atoms with Crippen molar-refractivity contribution >= 4 is 33.5 Å². The molecule has 3 aliphatic rings. The number of hydrogen-bond donors (Lipinski definition) is 0. The second-order valence-corrected chi connectivity index (χ2v) is 10.3. The number of ether oxygens (including phenoxy) is 2. The number of likely N-dealkylation sites (tertiary alicyclic amines) is 1. The number of amides is 2. The van der Waals surface area contributed by atoms with Gasteiger partial charge >= 0.3 is 5.97 Å². The molecule has 0 bridgehead atoms. The summed E-state index contributed by atoms with van der Waals surface area (Å²) < 4.78 is 38.1. The molecule has 11 heteroatoms. The summed E-state index contributed by atoms with van der Waals surface area (Å²) in [5.41, 5.74) is 0.692. The molecule has 0 radical (unpaired) electrons. The van der Waals surface area contributed by atoms with E-state index in [1.54, 1.807) is 6.07 Å². The van der Waals surface area contributed by atoms with Crippen LogP contribution < -0.4 is 4.90 Å². The molecule has 0 saturated carbocycles. The molecule has 3 fully saturated rings. The molecular weight excluding hydrogens is 450 g/mol. The van der Waals surface area contributed by atoms with Crippen LogP contribution >= 0.6 is 0 Å². The van der Waals surface area contributed by atoms with Gasteiger partial charge in [0.1, 0.15) is 0 Å². The van der Waals surface area contributed by atoms with Crippen molar-refractivity contribution in [3.05, 3.63) is 23.8 Å². The van der Waals surface area contributed by atoms with E-state index in [0.29, 0.717) is 38.3 Å². The van der Waals surface area contributed by atoms with Gasteiger partial charge in [-0.25, -0.2) is 13.2 Å². The molecule has 1 aromatic rings. The van der Waals surface area contributed by atoms with Gasteiger partial charge in [-0.1, -0.05) is 0 Å². The number of carbonyl (C=O) groups excluding carboxylic acids is 3. The normalized spacial score (nSPS) is 20.2. The first-order valence-corrected chi connectivity index (χ1v) is 12.8. The van der Waals surface area contributed by atoms with Gasteiger partial charge in [0.2, 0.25) is 15.9 Å². The number of imide groups is 1. The lowest BCUT2D eigenvalue weighted by molar-refractivity contribution is -0.143. The highest BCUT2D eigenvalue weighted by molar-refractivity contribution is 7.89. The van der Waals surface area contributed by atoms with Crippen LogP contribution in [-0.4, -0.2) is 88.0 Å². The standard InChI is InChI=1S/C22H29N3O7S/c26-20-5-4-10-25(20)21(27)16-32-22(28)18-15-17(33(29,30)24-11-13-31-14-12-24)6-7-19(18)23-8-2-1-3-9-23/h6-7,15H,1-5,8-14,16H2. The van der Waals surface area contributed by atoms with Crippen LogP contribution in [0, 0.1) is 0 Å². The molecule has 10 nitrogen and oxygen atoms in total. The van der Waals surface area contributed by atoms with Gasteiger partial charge < -0.3 is 14.4 Å². The Kier molecular flexibility index (Phi) is 7.30. The van der Waals surface area contributed by atoms with E-state index in [1.165, 1.54) is 16.4 Å². The summed E-state index contributed by atoms with van der Waals surface area (Å²) >= 11 is 0. The predicted octanol–water partition coefficient (Wildman–Crippen LogP) is 1.00. The number of benzene rings is 1. The minimum absolute atomic E-state index is 0.00171. The number of esters is 1. The fourth-order valence-corrected chi connectivity index (χ4v) is 5.82. The molecule has 0 N–H and O–H groups in total. The van der Waals surface area contributed by atoms with E-state index in [1.807, 2.05) is 4.90 Å². The topological polar surface area (TPSA) is 114 Å². The van der Waals surface area contributed by atoms with Gasteiger partial charge in [-0.15, -0.1) is 0 Å². The molecule has 3 aliphatic heterocycles. The van der Waals surface area contributed by atoms with Gasteiger partial charge in [0.15, 0.2) is 6.61 Å². The SMILES string of the molecule is O=C(OCC(=O)N1CCCC1=O)c1cc(S(=O)(=O)N2CCOCC2)ccc1N1CCCCC1. The summed E-state index contributed by atoms with van der Waals surface area (Å²) in [7, 11) is -3.81. The Morgan fingerprint density at radius 3 is 2.36 bits per heavy atom. The van der Waals surface area contributed by atoms with Gasteiger partial charge in [-0.05, 0) is 43.9 Å². The minimum Gasteiger partial charge on any atom is -0.452 e. The van der Waals surface area contributed by atoms with E-state index in [0.717, 1.165) is 37.3 Å². The van der Waals surface area contributed by atoms with Crippen LogP contribution in [0.1, 0.15) is 42.5 Å².